The number of ether oxygens (including phenoxy) is 1. The van der Waals surface area contributed by atoms with Crippen LogP contribution in [-0.2, 0) is 4.79 Å². The number of aliphatic hydroxyl groups excluding tert-OH is 1. The van der Waals surface area contributed by atoms with Gasteiger partial charge in [-0.15, -0.1) is 0 Å². The number of hydrogen-bond acceptors (Lipinski definition) is 3. The second kappa shape index (κ2) is 7.29. The van der Waals surface area contributed by atoms with Crippen molar-refractivity contribution in [2.75, 3.05) is 26.3 Å². The van der Waals surface area contributed by atoms with Crippen LogP contribution in [0.15, 0.2) is 28.7 Å². The fourth-order valence-corrected chi connectivity index (χ4v) is 1.61. The molecule has 0 aromatic heterocycles. The second-order valence-corrected chi connectivity index (χ2v) is 4.36. The molecule has 0 heterocycles. The van der Waals surface area contributed by atoms with Crippen molar-refractivity contribution in [3.8, 4) is 5.75 Å². The summed E-state index contributed by atoms with van der Waals surface area (Å²) in [7, 11) is 0. The van der Waals surface area contributed by atoms with Crippen molar-refractivity contribution in [3.05, 3.63) is 28.7 Å². The molecule has 0 saturated carbocycles. The summed E-state index contributed by atoms with van der Waals surface area (Å²) in [6, 6.07) is 7.29. The Balaban J connectivity index is 2.44. The zero-order valence-corrected chi connectivity index (χ0v) is 11.3. The summed E-state index contributed by atoms with van der Waals surface area (Å²) >= 11 is 3.32. The number of carbonyl (C=O) groups excluding carboxylic acids is 1. The summed E-state index contributed by atoms with van der Waals surface area (Å²) in [6.45, 7) is 2.75. The Morgan fingerprint density at radius 3 is 2.59 bits per heavy atom. The highest BCUT2D eigenvalue weighted by atomic mass is 79.9. The van der Waals surface area contributed by atoms with E-state index in [9.17, 15) is 4.79 Å². The van der Waals surface area contributed by atoms with Crippen LogP contribution in [-0.4, -0.2) is 42.2 Å². The van der Waals surface area contributed by atoms with Crippen molar-refractivity contribution in [1.29, 1.82) is 0 Å². The highest BCUT2D eigenvalue weighted by molar-refractivity contribution is 9.10. The normalized spacial score (nSPS) is 10.1. The number of nitrogens with zero attached hydrogens (tertiary/aromatic N) is 1. The minimum Gasteiger partial charge on any atom is -0.484 e. The van der Waals surface area contributed by atoms with Gasteiger partial charge in [-0.1, -0.05) is 15.9 Å². The third-order valence-corrected chi connectivity index (χ3v) is 2.81. The molecule has 17 heavy (non-hydrogen) atoms. The molecule has 0 fully saturated rings. The first kappa shape index (κ1) is 14.0. The lowest BCUT2D eigenvalue weighted by Gasteiger charge is -2.19. The maximum absolute atomic E-state index is 11.7. The van der Waals surface area contributed by atoms with E-state index in [-0.39, 0.29) is 19.1 Å². The quantitative estimate of drug-likeness (QED) is 0.869. The van der Waals surface area contributed by atoms with E-state index in [2.05, 4.69) is 15.9 Å². The number of amides is 1. The lowest BCUT2D eigenvalue weighted by molar-refractivity contribution is -0.133. The summed E-state index contributed by atoms with van der Waals surface area (Å²) in [5.74, 6) is 0.533. The van der Waals surface area contributed by atoms with E-state index in [0.29, 0.717) is 18.8 Å². The molecular formula is C12H16BrNO3. The Morgan fingerprint density at radius 2 is 2.06 bits per heavy atom. The van der Waals surface area contributed by atoms with Crippen molar-refractivity contribution in [1.82, 2.24) is 4.90 Å². The first-order valence-corrected chi connectivity index (χ1v) is 6.23. The van der Waals surface area contributed by atoms with E-state index in [4.69, 9.17) is 9.84 Å². The van der Waals surface area contributed by atoms with Crippen LogP contribution in [0, 0.1) is 0 Å². The molecule has 0 aliphatic carbocycles. The number of rotatable bonds is 6. The predicted molar refractivity (Wildman–Crippen MR) is 69.0 cm³/mol. The van der Waals surface area contributed by atoms with Gasteiger partial charge in [-0.25, -0.2) is 0 Å². The summed E-state index contributed by atoms with van der Waals surface area (Å²) < 4.78 is 6.32. The molecule has 0 unspecified atom stereocenters. The molecule has 0 bridgehead atoms. The molecule has 0 atom stereocenters. The summed E-state index contributed by atoms with van der Waals surface area (Å²) in [5, 5.41) is 8.79. The Bertz CT molecular complexity index is 353. The monoisotopic (exact) mass is 301 g/mol. The van der Waals surface area contributed by atoms with E-state index in [1.807, 2.05) is 19.1 Å². The van der Waals surface area contributed by atoms with Gasteiger partial charge in [0.25, 0.3) is 5.91 Å². The molecule has 0 radical (unpaired) electrons. The van der Waals surface area contributed by atoms with Gasteiger partial charge < -0.3 is 14.7 Å². The fraction of sp³-hybridized carbons (Fsp3) is 0.417. The lowest BCUT2D eigenvalue weighted by Crippen LogP contribution is -2.36. The summed E-state index contributed by atoms with van der Waals surface area (Å²) in [4.78, 5) is 13.2. The van der Waals surface area contributed by atoms with Gasteiger partial charge in [0.1, 0.15) is 5.75 Å². The minimum absolute atomic E-state index is 0.00449. The second-order valence-electron chi connectivity index (χ2n) is 3.44. The van der Waals surface area contributed by atoms with Gasteiger partial charge in [-0.2, -0.15) is 0 Å². The minimum atomic E-state index is -0.121. The molecule has 5 heteroatoms. The maximum Gasteiger partial charge on any atom is 0.260 e. The van der Waals surface area contributed by atoms with Crippen LogP contribution in [0.3, 0.4) is 0 Å². The van der Waals surface area contributed by atoms with Gasteiger partial charge in [0.05, 0.1) is 6.61 Å². The van der Waals surface area contributed by atoms with Gasteiger partial charge in [-0.05, 0) is 31.2 Å². The van der Waals surface area contributed by atoms with Crippen molar-refractivity contribution in [2.24, 2.45) is 0 Å². The lowest BCUT2D eigenvalue weighted by atomic mass is 10.3. The van der Waals surface area contributed by atoms with E-state index >= 15 is 0 Å². The van der Waals surface area contributed by atoms with Crippen LogP contribution < -0.4 is 4.74 Å². The average Bonchev–Trinajstić information content (AvgIpc) is 2.35. The number of halogens is 1. The third-order valence-electron chi connectivity index (χ3n) is 2.28. The Hall–Kier alpha value is -1.07. The first-order valence-electron chi connectivity index (χ1n) is 5.44. The predicted octanol–water partition coefficient (Wildman–Crippen LogP) is 1.67. The Kier molecular flexibility index (Phi) is 6.00. The largest absolute Gasteiger partial charge is 0.484 e. The number of carbonyl (C=O) groups is 1. The molecule has 1 amide bonds. The van der Waals surface area contributed by atoms with Crippen LogP contribution in [0.4, 0.5) is 0 Å². The zero-order chi connectivity index (χ0) is 12.7. The third kappa shape index (κ3) is 4.75. The Labute approximate surface area is 109 Å². The van der Waals surface area contributed by atoms with Gasteiger partial charge in [-0.3, -0.25) is 4.79 Å². The molecule has 0 aliphatic heterocycles. The van der Waals surface area contributed by atoms with E-state index < -0.39 is 0 Å². The molecule has 1 aromatic carbocycles. The van der Waals surface area contributed by atoms with Crippen LogP contribution in [0.25, 0.3) is 0 Å². The van der Waals surface area contributed by atoms with Crippen molar-refractivity contribution in [2.45, 2.75) is 6.92 Å². The van der Waals surface area contributed by atoms with Crippen molar-refractivity contribution < 1.29 is 14.6 Å². The number of benzene rings is 1. The molecular weight excluding hydrogens is 286 g/mol. The fourth-order valence-electron chi connectivity index (χ4n) is 1.35. The van der Waals surface area contributed by atoms with Gasteiger partial charge >= 0.3 is 0 Å². The van der Waals surface area contributed by atoms with Crippen molar-refractivity contribution >= 4 is 21.8 Å². The molecule has 0 aliphatic rings. The van der Waals surface area contributed by atoms with Gasteiger partial charge in [0.15, 0.2) is 6.61 Å². The topological polar surface area (TPSA) is 49.8 Å². The van der Waals surface area contributed by atoms with Crippen LogP contribution >= 0.6 is 15.9 Å². The van der Waals surface area contributed by atoms with Crippen LogP contribution in [0.1, 0.15) is 6.92 Å². The standard InChI is InChI=1S/C12H16BrNO3/c1-2-14(7-8-15)12(16)9-17-11-5-3-10(13)4-6-11/h3-6,15H,2,7-9H2,1H3. The number of hydrogen-bond donors (Lipinski definition) is 1. The number of likely N-dealkylation sites (N-methyl/N-ethyl adjacent to an activating group) is 1. The van der Waals surface area contributed by atoms with Crippen molar-refractivity contribution in [3.63, 3.8) is 0 Å². The van der Waals surface area contributed by atoms with E-state index in [1.165, 1.54) is 0 Å². The molecule has 94 valence electrons. The highest BCUT2D eigenvalue weighted by Crippen LogP contribution is 2.15. The highest BCUT2D eigenvalue weighted by Gasteiger charge is 2.11. The van der Waals surface area contributed by atoms with Gasteiger partial charge in [0.2, 0.25) is 0 Å². The average molecular weight is 302 g/mol. The summed E-state index contributed by atoms with van der Waals surface area (Å²) in [5.41, 5.74) is 0. The molecule has 1 rings (SSSR count). The maximum atomic E-state index is 11.7. The van der Waals surface area contributed by atoms with Gasteiger partial charge in [0, 0.05) is 17.6 Å². The number of aliphatic hydroxyl groups is 1. The van der Waals surface area contributed by atoms with E-state index in [0.717, 1.165) is 4.47 Å². The SMILES string of the molecule is CCN(CCO)C(=O)COc1ccc(Br)cc1. The molecule has 1 aromatic rings. The van der Waals surface area contributed by atoms with E-state index in [1.54, 1.807) is 17.0 Å². The first-order chi connectivity index (χ1) is 8.17. The smallest absolute Gasteiger partial charge is 0.260 e. The van der Waals surface area contributed by atoms with Crippen LogP contribution in [0.2, 0.25) is 0 Å². The molecule has 0 saturated heterocycles. The summed E-state index contributed by atoms with van der Waals surface area (Å²) in [6.07, 6.45) is 0. The molecule has 0 spiro atoms. The zero-order valence-electron chi connectivity index (χ0n) is 9.73. The molecule has 4 nitrogen and oxygen atoms in total. The van der Waals surface area contributed by atoms with Crippen LogP contribution in [0.5, 0.6) is 5.75 Å². The molecule has 1 N–H and O–H groups in total. The Morgan fingerprint density at radius 1 is 1.41 bits per heavy atom.